The number of nitrogens with zero attached hydrogens (tertiary/aromatic N) is 1. The van der Waals surface area contributed by atoms with Crippen LogP contribution in [0.5, 0.6) is 0 Å². The van der Waals surface area contributed by atoms with Crippen LogP contribution in [0.25, 0.3) is 0 Å². The minimum Gasteiger partial charge on any atom is -0.389 e. The van der Waals surface area contributed by atoms with Crippen LogP contribution in [0.2, 0.25) is 0 Å². The smallest absolute Gasteiger partial charge is 0.260 e. The number of rotatable bonds is 9. The van der Waals surface area contributed by atoms with E-state index in [1.54, 1.807) is 10.6 Å². The lowest BCUT2D eigenvalue weighted by atomic mass is 10.1. The third-order valence-electron chi connectivity index (χ3n) is 3.64. The van der Waals surface area contributed by atoms with Crippen molar-refractivity contribution in [2.75, 3.05) is 0 Å². The zero-order valence-electron chi connectivity index (χ0n) is 12.7. The molecule has 2 N–H and O–H groups in total. The van der Waals surface area contributed by atoms with Crippen molar-refractivity contribution in [1.29, 1.82) is 0 Å². The summed E-state index contributed by atoms with van der Waals surface area (Å²) in [7, 11) is 0. The molecular weight excluding hydrogens is 268 g/mol. The molecule has 20 heavy (non-hydrogen) atoms. The lowest BCUT2D eigenvalue weighted by molar-refractivity contribution is 0.537. The molecule has 3 nitrogen and oxygen atoms in total. The highest BCUT2D eigenvalue weighted by molar-refractivity contribution is 7.80. The largest absolute Gasteiger partial charge is 0.389 e. The SMILES string of the molecule is CCCCCCCCCn1c(C)ccc(C(N)=S)c1=O. The molecule has 0 aliphatic rings. The summed E-state index contributed by atoms with van der Waals surface area (Å²) < 4.78 is 1.79. The van der Waals surface area contributed by atoms with E-state index in [-0.39, 0.29) is 10.5 Å². The molecule has 0 atom stereocenters. The molecule has 0 bridgehead atoms. The normalized spacial score (nSPS) is 10.7. The molecule has 0 aliphatic carbocycles. The van der Waals surface area contributed by atoms with Gasteiger partial charge in [0.1, 0.15) is 4.99 Å². The fourth-order valence-corrected chi connectivity index (χ4v) is 2.52. The van der Waals surface area contributed by atoms with Gasteiger partial charge in [0.25, 0.3) is 5.56 Å². The van der Waals surface area contributed by atoms with Crippen molar-refractivity contribution in [2.45, 2.75) is 65.3 Å². The zero-order valence-corrected chi connectivity index (χ0v) is 13.5. The molecule has 0 spiro atoms. The number of hydrogen-bond acceptors (Lipinski definition) is 2. The summed E-state index contributed by atoms with van der Waals surface area (Å²) in [5.74, 6) is 0. The number of hydrogen-bond donors (Lipinski definition) is 1. The van der Waals surface area contributed by atoms with Gasteiger partial charge in [0, 0.05) is 12.2 Å². The van der Waals surface area contributed by atoms with Crippen molar-refractivity contribution in [2.24, 2.45) is 5.73 Å². The van der Waals surface area contributed by atoms with Gasteiger partial charge in [-0.2, -0.15) is 0 Å². The second-order valence-electron chi connectivity index (χ2n) is 5.33. The first-order valence-corrected chi connectivity index (χ1v) is 7.99. The molecule has 0 saturated carbocycles. The summed E-state index contributed by atoms with van der Waals surface area (Å²) in [4.78, 5) is 12.4. The van der Waals surface area contributed by atoms with Gasteiger partial charge < -0.3 is 10.3 Å². The minimum atomic E-state index is -0.0523. The second kappa shape index (κ2) is 8.90. The van der Waals surface area contributed by atoms with Gasteiger partial charge in [0.15, 0.2) is 0 Å². The average Bonchev–Trinajstić information content (AvgIpc) is 2.40. The molecule has 0 saturated heterocycles. The Labute approximate surface area is 127 Å². The van der Waals surface area contributed by atoms with E-state index in [0.717, 1.165) is 18.7 Å². The molecule has 0 aliphatic heterocycles. The van der Waals surface area contributed by atoms with Gasteiger partial charge in [0.2, 0.25) is 0 Å². The molecule has 0 fully saturated rings. The maximum atomic E-state index is 12.2. The van der Waals surface area contributed by atoms with Crippen LogP contribution < -0.4 is 11.3 Å². The Kier molecular flexibility index (Phi) is 7.52. The monoisotopic (exact) mass is 294 g/mol. The van der Waals surface area contributed by atoms with Crippen LogP contribution >= 0.6 is 12.2 Å². The summed E-state index contributed by atoms with van der Waals surface area (Å²) in [6.07, 6.45) is 8.69. The van der Waals surface area contributed by atoms with Crippen molar-refractivity contribution < 1.29 is 0 Å². The van der Waals surface area contributed by atoms with Crippen molar-refractivity contribution in [3.63, 3.8) is 0 Å². The molecule has 0 unspecified atom stereocenters. The van der Waals surface area contributed by atoms with Gasteiger partial charge in [0.05, 0.1) is 5.56 Å². The van der Waals surface area contributed by atoms with Crippen molar-refractivity contribution >= 4 is 17.2 Å². The molecular formula is C16H26N2OS. The Morgan fingerprint density at radius 2 is 1.75 bits per heavy atom. The molecule has 0 amide bonds. The maximum absolute atomic E-state index is 12.2. The first-order chi connectivity index (χ1) is 9.57. The van der Waals surface area contributed by atoms with E-state index in [0.29, 0.717) is 5.56 Å². The average molecular weight is 294 g/mol. The molecule has 1 rings (SSSR count). The number of thiocarbonyl (C=S) groups is 1. The zero-order chi connectivity index (χ0) is 15.0. The van der Waals surface area contributed by atoms with E-state index in [1.807, 2.05) is 13.0 Å². The van der Waals surface area contributed by atoms with E-state index in [9.17, 15) is 4.79 Å². The van der Waals surface area contributed by atoms with Crippen LogP contribution in [0.15, 0.2) is 16.9 Å². The Bertz CT molecular complexity index is 494. The van der Waals surface area contributed by atoms with E-state index < -0.39 is 0 Å². The molecule has 4 heteroatoms. The summed E-state index contributed by atoms with van der Waals surface area (Å²) in [5.41, 5.74) is 6.95. The lowest BCUT2D eigenvalue weighted by Gasteiger charge is -2.11. The Morgan fingerprint density at radius 1 is 1.15 bits per heavy atom. The lowest BCUT2D eigenvalue weighted by Crippen LogP contribution is -2.30. The number of aryl methyl sites for hydroxylation is 1. The molecule has 1 aromatic heterocycles. The molecule has 0 radical (unpaired) electrons. The predicted octanol–water partition coefficient (Wildman–Crippen LogP) is 3.54. The van der Waals surface area contributed by atoms with Crippen molar-refractivity contribution in [3.05, 3.63) is 33.7 Å². The number of unbranched alkanes of at least 4 members (excludes halogenated alkanes) is 6. The fourth-order valence-electron chi connectivity index (χ4n) is 2.36. The first kappa shape index (κ1) is 16.9. The number of nitrogens with two attached hydrogens (primary N) is 1. The van der Waals surface area contributed by atoms with E-state index >= 15 is 0 Å². The van der Waals surface area contributed by atoms with Gasteiger partial charge in [-0.25, -0.2) is 0 Å². The van der Waals surface area contributed by atoms with E-state index in [2.05, 4.69) is 6.92 Å². The van der Waals surface area contributed by atoms with Gasteiger partial charge in [-0.1, -0.05) is 57.7 Å². The highest BCUT2D eigenvalue weighted by atomic mass is 32.1. The van der Waals surface area contributed by atoms with Crippen LogP contribution in [0.1, 0.15) is 63.1 Å². The summed E-state index contributed by atoms with van der Waals surface area (Å²) in [5, 5.41) is 0. The van der Waals surface area contributed by atoms with Crippen LogP contribution in [0.4, 0.5) is 0 Å². The van der Waals surface area contributed by atoms with Crippen LogP contribution in [0, 0.1) is 6.92 Å². The topological polar surface area (TPSA) is 48.0 Å². The Morgan fingerprint density at radius 3 is 2.35 bits per heavy atom. The van der Waals surface area contributed by atoms with E-state index in [1.165, 1.54) is 38.5 Å². The molecule has 1 aromatic rings. The summed E-state index contributed by atoms with van der Waals surface area (Å²) in [6, 6.07) is 3.64. The van der Waals surface area contributed by atoms with Gasteiger partial charge in [-0.05, 0) is 25.5 Å². The fraction of sp³-hybridized carbons (Fsp3) is 0.625. The minimum absolute atomic E-state index is 0.0523. The molecule has 112 valence electrons. The van der Waals surface area contributed by atoms with Crippen LogP contribution in [-0.4, -0.2) is 9.56 Å². The Hall–Kier alpha value is -1.16. The third-order valence-corrected chi connectivity index (χ3v) is 3.86. The van der Waals surface area contributed by atoms with Gasteiger partial charge in [-0.15, -0.1) is 0 Å². The first-order valence-electron chi connectivity index (χ1n) is 7.58. The summed E-state index contributed by atoms with van der Waals surface area (Å²) in [6.45, 7) is 4.94. The third kappa shape index (κ3) is 5.08. The van der Waals surface area contributed by atoms with E-state index in [4.69, 9.17) is 18.0 Å². The number of aromatic nitrogens is 1. The highest BCUT2D eigenvalue weighted by Crippen LogP contribution is 2.08. The van der Waals surface area contributed by atoms with Gasteiger partial charge >= 0.3 is 0 Å². The summed E-state index contributed by atoms with van der Waals surface area (Å²) >= 11 is 4.91. The highest BCUT2D eigenvalue weighted by Gasteiger charge is 2.07. The van der Waals surface area contributed by atoms with Crippen molar-refractivity contribution in [3.8, 4) is 0 Å². The quantitative estimate of drug-likeness (QED) is 0.560. The standard InChI is InChI=1S/C16H26N2OS/c1-3-4-5-6-7-8-9-12-18-13(2)10-11-14(15(17)20)16(18)19/h10-11H,3-9,12H2,1-2H3,(H2,17,20). The predicted molar refractivity (Wildman–Crippen MR) is 89.3 cm³/mol. The second-order valence-corrected chi connectivity index (χ2v) is 5.77. The Balaban J connectivity index is 2.50. The maximum Gasteiger partial charge on any atom is 0.260 e. The van der Waals surface area contributed by atoms with Gasteiger partial charge in [-0.3, -0.25) is 4.79 Å². The van der Waals surface area contributed by atoms with Crippen LogP contribution in [0.3, 0.4) is 0 Å². The molecule has 1 heterocycles. The number of pyridine rings is 1. The molecule has 0 aromatic carbocycles. The van der Waals surface area contributed by atoms with Crippen LogP contribution in [-0.2, 0) is 6.54 Å². The van der Waals surface area contributed by atoms with Crippen molar-refractivity contribution in [1.82, 2.24) is 4.57 Å².